The average Bonchev–Trinajstić information content (AvgIpc) is 2.61. The highest BCUT2D eigenvalue weighted by molar-refractivity contribution is 7.99. The Morgan fingerprint density at radius 2 is 2.09 bits per heavy atom. The minimum absolute atomic E-state index is 0.230. The van der Waals surface area contributed by atoms with E-state index in [1.165, 1.54) is 30.5 Å². The zero-order valence-corrected chi connectivity index (χ0v) is 14.5. The fraction of sp³-hybridized carbons (Fsp3) is 0.632. The molecule has 1 aromatic carbocycles. The molecule has 1 saturated carbocycles. The first-order chi connectivity index (χ1) is 11.3. The third-order valence-electron chi connectivity index (χ3n) is 4.81. The topological polar surface area (TPSA) is 45.0 Å². The SMILES string of the molecule is N#C[C@H]1CCC[C@H](Nc2cccc(CSC3CCOCC3)c2)C1. The maximum absolute atomic E-state index is 9.12. The highest BCUT2D eigenvalue weighted by Gasteiger charge is 2.21. The van der Waals surface area contributed by atoms with E-state index in [1.54, 1.807) is 0 Å². The number of nitriles is 1. The van der Waals surface area contributed by atoms with E-state index in [0.717, 1.165) is 43.5 Å². The van der Waals surface area contributed by atoms with Crippen molar-refractivity contribution >= 4 is 17.4 Å². The van der Waals surface area contributed by atoms with Crippen molar-refractivity contribution in [2.24, 2.45) is 5.92 Å². The van der Waals surface area contributed by atoms with Crippen LogP contribution in [-0.4, -0.2) is 24.5 Å². The predicted octanol–water partition coefficient (Wildman–Crippen LogP) is 4.59. The van der Waals surface area contributed by atoms with Crippen molar-refractivity contribution in [2.75, 3.05) is 18.5 Å². The molecule has 2 atom stereocenters. The van der Waals surface area contributed by atoms with Gasteiger partial charge in [0.05, 0.1) is 6.07 Å². The summed E-state index contributed by atoms with van der Waals surface area (Å²) < 4.78 is 5.43. The third kappa shape index (κ3) is 5.16. The molecule has 3 nitrogen and oxygen atoms in total. The molecule has 3 rings (SSSR count). The minimum atomic E-state index is 0.230. The fourth-order valence-electron chi connectivity index (χ4n) is 3.48. The summed E-state index contributed by atoms with van der Waals surface area (Å²) in [6.07, 6.45) is 6.75. The molecule has 4 heteroatoms. The maximum atomic E-state index is 9.12. The van der Waals surface area contributed by atoms with E-state index in [9.17, 15) is 0 Å². The van der Waals surface area contributed by atoms with E-state index >= 15 is 0 Å². The number of benzene rings is 1. The Hall–Kier alpha value is -1.18. The number of rotatable bonds is 5. The van der Waals surface area contributed by atoms with Crippen LogP contribution in [0.3, 0.4) is 0 Å². The molecule has 1 saturated heterocycles. The van der Waals surface area contributed by atoms with Crippen LogP contribution in [0.1, 0.15) is 44.1 Å². The number of hydrogen-bond acceptors (Lipinski definition) is 4. The first-order valence-corrected chi connectivity index (χ1v) is 9.83. The molecular weight excluding hydrogens is 304 g/mol. The van der Waals surface area contributed by atoms with Crippen molar-refractivity contribution in [3.63, 3.8) is 0 Å². The monoisotopic (exact) mass is 330 g/mol. The highest BCUT2D eigenvalue weighted by Crippen LogP contribution is 2.28. The molecule has 2 aliphatic rings. The van der Waals surface area contributed by atoms with Gasteiger partial charge in [0.25, 0.3) is 0 Å². The van der Waals surface area contributed by atoms with Gasteiger partial charge < -0.3 is 10.1 Å². The zero-order valence-electron chi connectivity index (χ0n) is 13.7. The Morgan fingerprint density at radius 1 is 1.22 bits per heavy atom. The van der Waals surface area contributed by atoms with Gasteiger partial charge >= 0.3 is 0 Å². The molecule has 0 amide bonds. The molecule has 1 aromatic rings. The molecule has 2 fully saturated rings. The molecule has 0 aromatic heterocycles. The van der Waals surface area contributed by atoms with Gasteiger partial charge in [-0.25, -0.2) is 0 Å². The smallest absolute Gasteiger partial charge is 0.0656 e. The van der Waals surface area contributed by atoms with Gasteiger partial charge in [0, 0.05) is 41.9 Å². The summed E-state index contributed by atoms with van der Waals surface area (Å²) in [4.78, 5) is 0. The van der Waals surface area contributed by atoms with Gasteiger partial charge in [-0.1, -0.05) is 18.6 Å². The van der Waals surface area contributed by atoms with E-state index in [4.69, 9.17) is 10.00 Å². The van der Waals surface area contributed by atoms with Crippen molar-refractivity contribution in [1.29, 1.82) is 5.26 Å². The summed E-state index contributed by atoms with van der Waals surface area (Å²) in [7, 11) is 0. The van der Waals surface area contributed by atoms with Crippen molar-refractivity contribution < 1.29 is 4.74 Å². The molecule has 1 aliphatic carbocycles. The van der Waals surface area contributed by atoms with Gasteiger partial charge in [-0.3, -0.25) is 0 Å². The molecule has 0 bridgehead atoms. The molecule has 0 radical (unpaired) electrons. The highest BCUT2D eigenvalue weighted by atomic mass is 32.2. The standard InChI is InChI=1S/C19H26N2OS/c20-13-15-3-1-5-17(11-15)21-18-6-2-4-16(12-18)14-23-19-7-9-22-10-8-19/h2,4,6,12,15,17,19,21H,1,3,5,7-11,14H2/t15-,17-/m0/s1. The molecule has 0 unspecified atom stereocenters. The molecular formula is C19H26N2OS. The molecule has 23 heavy (non-hydrogen) atoms. The van der Waals surface area contributed by atoms with E-state index in [0.29, 0.717) is 6.04 Å². The third-order valence-corrected chi connectivity index (χ3v) is 6.25. The lowest BCUT2D eigenvalue weighted by molar-refractivity contribution is 0.1000. The van der Waals surface area contributed by atoms with Gasteiger partial charge in [-0.05, 0) is 49.8 Å². The molecule has 1 heterocycles. The van der Waals surface area contributed by atoms with Crippen LogP contribution in [0.5, 0.6) is 0 Å². The van der Waals surface area contributed by atoms with Crippen molar-refractivity contribution in [2.45, 2.75) is 55.6 Å². The molecule has 124 valence electrons. The summed E-state index contributed by atoms with van der Waals surface area (Å²) in [5, 5.41) is 13.5. The van der Waals surface area contributed by atoms with Crippen LogP contribution in [-0.2, 0) is 10.5 Å². The lowest BCUT2D eigenvalue weighted by Crippen LogP contribution is -2.26. The van der Waals surface area contributed by atoms with E-state index in [2.05, 4.69) is 47.4 Å². The quantitative estimate of drug-likeness (QED) is 0.857. The second kappa shape index (κ2) is 8.61. The second-order valence-electron chi connectivity index (χ2n) is 6.66. The number of anilines is 1. The first-order valence-electron chi connectivity index (χ1n) is 8.78. The van der Waals surface area contributed by atoms with E-state index in [1.807, 2.05) is 0 Å². The largest absolute Gasteiger partial charge is 0.382 e. The summed E-state index contributed by atoms with van der Waals surface area (Å²) in [5.41, 5.74) is 2.60. The lowest BCUT2D eigenvalue weighted by atomic mass is 9.86. The average molecular weight is 330 g/mol. The Balaban J connectivity index is 1.51. The number of ether oxygens (including phenoxy) is 1. The number of hydrogen-bond donors (Lipinski definition) is 1. The minimum Gasteiger partial charge on any atom is -0.382 e. The Kier molecular flexibility index (Phi) is 6.24. The number of thioether (sulfide) groups is 1. The summed E-state index contributed by atoms with van der Waals surface area (Å²) in [5.74, 6) is 1.31. The normalized spacial score (nSPS) is 25.7. The van der Waals surface area contributed by atoms with Crippen LogP contribution in [0.2, 0.25) is 0 Å². The number of nitrogens with one attached hydrogen (secondary N) is 1. The summed E-state index contributed by atoms with van der Waals surface area (Å²) >= 11 is 2.06. The van der Waals surface area contributed by atoms with Gasteiger partial charge in [0.2, 0.25) is 0 Å². The van der Waals surface area contributed by atoms with Crippen molar-refractivity contribution in [3.05, 3.63) is 29.8 Å². The van der Waals surface area contributed by atoms with Gasteiger partial charge in [-0.2, -0.15) is 17.0 Å². The van der Waals surface area contributed by atoms with Crippen LogP contribution < -0.4 is 5.32 Å². The van der Waals surface area contributed by atoms with Gasteiger partial charge in [0.1, 0.15) is 0 Å². The van der Waals surface area contributed by atoms with Crippen molar-refractivity contribution in [1.82, 2.24) is 0 Å². The summed E-state index contributed by atoms with van der Waals surface area (Å²) in [6.45, 7) is 1.84. The Bertz CT molecular complexity index is 536. The molecule has 0 spiro atoms. The predicted molar refractivity (Wildman–Crippen MR) is 96.6 cm³/mol. The molecule has 1 N–H and O–H groups in total. The zero-order chi connectivity index (χ0) is 15.9. The molecule has 1 aliphatic heterocycles. The fourth-order valence-corrected chi connectivity index (χ4v) is 4.61. The van der Waals surface area contributed by atoms with Crippen LogP contribution in [0, 0.1) is 17.2 Å². The number of nitrogens with zero attached hydrogens (tertiary/aromatic N) is 1. The van der Waals surface area contributed by atoms with E-state index in [-0.39, 0.29) is 5.92 Å². The van der Waals surface area contributed by atoms with Crippen LogP contribution in [0.25, 0.3) is 0 Å². The lowest BCUT2D eigenvalue weighted by Gasteiger charge is -2.27. The van der Waals surface area contributed by atoms with Crippen LogP contribution in [0.4, 0.5) is 5.69 Å². The van der Waals surface area contributed by atoms with Gasteiger partial charge in [0.15, 0.2) is 0 Å². The van der Waals surface area contributed by atoms with Crippen molar-refractivity contribution in [3.8, 4) is 6.07 Å². The first kappa shape index (κ1) is 16.7. The Labute approximate surface area is 143 Å². The summed E-state index contributed by atoms with van der Waals surface area (Å²) in [6, 6.07) is 11.7. The van der Waals surface area contributed by atoms with Crippen LogP contribution >= 0.6 is 11.8 Å². The Morgan fingerprint density at radius 3 is 2.91 bits per heavy atom. The maximum Gasteiger partial charge on any atom is 0.0656 e. The van der Waals surface area contributed by atoms with Gasteiger partial charge in [-0.15, -0.1) is 0 Å². The van der Waals surface area contributed by atoms with Crippen LogP contribution in [0.15, 0.2) is 24.3 Å². The van der Waals surface area contributed by atoms with E-state index < -0.39 is 0 Å². The second-order valence-corrected chi connectivity index (χ2v) is 7.95.